The van der Waals surface area contributed by atoms with Crippen LogP contribution in [0.15, 0.2) is 64.6 Å². The second-order valence-corrected chi connectivity index (χ2v) is 9.89. The normalized spacial score (nSPS) is 13.3. The smallest absolute Gasteiger partial charge is 0.268 e. The molecule has 9 heteroatoms. The van der Waals surface area contributed by atoms with E-state index in [1.807, 2.05) is 18.2 Å². The van der Waals surface area contributed by atoms with Crippen molar-refractivity contribution >= 4 is 26.6 Å². The van der Waals surface area contributed by atoms with Crippen LogP contribution < -0.4 is 5.32 Å². The molecule has 1 N–H and O–H groups in total. The maximum Gasteiger partial charge on any atom is 0.268 e. The minimum absolute atomic E-state index is 0.113. The monoisotopic (exact) mass is 462 g/mol. The number of fused-ring (bicyclic) bond motifs is 2. The van der Waals surface area contributed by atoms with Gasteiger partial charge in [0.2, 0.25) is 9.84 Å². The maximum absolute atomic E-state index is 13.4. The molecule has 4 heterocycles. The van der Waals surface area contributed by atoms with Crippen LogP contribution in [0.1, 0.15) is 33.0 Å². The predicted octanol–water partition coefficient (Wildman–Crippen LogP) is 3.07. The molecule has 0 fully saturated rings. The highest BCUT2D eigenvalue weighted by Crippen LogP contribution is 2.30. The van der Waals surface area contributed by atoms with Crippen LogP contribution in [-0.4, -0.2) is 28.9 Å². The van der Waals surface area contributed by atoms with Gasteiger partial charge < -0.3 is 14.6 Å². The Labute approximate surface area is 191 Å². The molecule has 0 saturated carbocycles. The summed E-state index contributed by atoms with van der Waals surface area (Å²) >= 11 is 0. The van der Waals surface area contributed by atoms with Crippen molar-refractivity contribution in [2.45, 2.75) is 36.5 Å². The number of amides is 1. The van der Waals surface area contributed by atoms with Crippen LogP contribution in [0.3, 0.4) is 0 Å². The van der Waals surface area contributed by atoms with Crippen LogP contribution in [0.25, 0.3) is 10.9 Å². The van der Waals surface area contributed by atoms with E-state index in [-0.39, 0.29) is 27.9 Å². The van der Waals surface area contributed by atoms with Gasteiger partial charge in [0.1, 0.15) is 5.69 Å². The van der Waals surface area contributed by atoms with Crippen molar-refractivity contribution < 1.29 is 17.9 Å². The zero-order chi connectivity index (χ0) is 23.2. The van der Waals surface area contributed by atoms with Crippen molar-refractivity contribution in [1.82, 2.24) is 19.9 Å². The highest BCUT2D eigenvalue weighted by molar-refractivity contribution is 7.91. The van der Waals surface area contributed by atoms with Crippen LogP contribution in [0.5, 0.6) is 0 Å². The summed E-state index contributed by atoms with van der Waals surface area (Å²) in [5.74, 6) is -0.382. The predicted molar refractivity (Wildman–Crippen MR) is 121 cm³/mol. The largest absolute Gasteiger partial charge is 0.372 e. The van der Waals surface area contributed by atoms with E-state index in [4.69, 9.17) is 4.74 Å². The zero-order valence-corrected chi connectivity index (χ0v) is 19.0. The molecule has 8 nitrogen and oxygen atoms in total. The Morgan fingerprint density at radius 1 is 1.09 bits per heavy atom. The number of sulfone groups is 1. The third-order valence-corrected chi connectivity index (χ3v) is 7.91. The van der Waals surface area contributed by atoms with Gasteiger partial charge in [-0.2, -0.15) is 0 Å². The van der Waals surface area contributed by atoms with Gasteiger partial charge >= 0.3 is 0 Å². The lowest BCUT2D eigenvalue weighted by Gasteiger charge is -2.08. The van der Waals surface area contributed by atoms with Gasteiger partial charge in [0.15, 0.2) is 0 Å². The third kappa shape index (κ3) is 3.69. The summed E-state index contributed by atoms with van der Waals surface area (Å²) in [4.78, 5) is 21.9. The molecule has 0 aliphatic carbocycles. The molecule has 4 aromatic rings. The van der Waals surface area contributed by atoms with Crippen molar-refractivity contribution in [3.63, 3.8) is 0 Å². The van der Waals surface area contributed by atoms with E-state index in [0.29, 0.717) is 24.6 Å². The van der Waals surface area contributed by atoms with E-state index >= 15 is 0 Å². The average molecular weight is 463 g/mol. The second-order valence-electron chi connectivity index (χ2n) is 7.98. The number of hydrogen-bond donors (Lipinski definition) is 1. The number of carbonyl (C=O) groups is 1. The molecule has 1 aliphatic heterocycles. The topological polar surface area (TPSA) is 103 Å². The number of carbonyl (C=O) groups excluding carboxylic acids is 1. The molecule has 1 aromatic carbocycles. The molecule has 0 radical (unpaired) electrons. The Hall–Kier alpha value is -3.56. The summed E-state index contributed by atoms with van der Waals surface area (Å²) in [7, 11) is -2.12. The average Bonchev–Trinajstić information content (AvgIpc) is 3.41. The summed E-state index contributed by atoms with van der Waals surface area (Å²) in [6.07, 6.45) is 3.35. The molecule has 0 atom stereocenters. The van der Waals surface area contributed by atoms with E-state index in [9.17, 15) is 13.2 Å². The van der Waals surface area contributed by atoms with Crippen molar-refractivity contribution in [2.75, 3.05) is 0 Å². The fraction of sp³-hybridized carbons (Fsp3) is 0.208. The molecule has 0 bridgehead atoms. The number of ether oxygens (including phenoxy) is 1. The Balaban J connectivity index is 1.43. The lowest BCUT2D eigenvalue weighted by molar-refractivity contribution is 0.0942. The molecule has 0 spiro atoms. The molecular formula is C24H22N4O4S. The summed E-state index contributed by atoms with van der Waals surface area (Å²) in [5.41, 5.74) is 4.10. The number of benzene rings is 1. The quantitative estimate of drug-likeness (QED) is 0.489. The van der Waals surface area contributed by atoms with E-state index in [0.717, 1.165) is 22.0 Å². The van der Waals surface area contributed by atoms with Crippen LogP contribution in [0, 0.1) is 6.92 Å². The molecule has 0 saturated heterocycles. The van der Waals surface area contributed by atoms with Gasteiger partial charge in [-0.1, -0.05) is 6.07 Å². The van der Waals surface area contributed by atoms with Crippen molar-refractivity contribution in [3.05, 3.63) is 83.1 Å². The van der Waals surface area contributed by atoms with E-state index in [1.54, 1.807) is 49.1 Å². The van der Waals surface area contributed by atoms with Crippen LogP contribution in [-0.2, 0) is 41.4 Å². The van der Waals surface area contributed by atoms with E-state index < -0.39 is 9.84 Å². The van der Waals surface area contributed by atoms with Crippen LogP contribution in [0.4, 0.5) is 0 Å². The standard InChI is InChI=1S/C24H22N4O4S/c1-15-23(33(30,31)18-6-5-16-13-32-14-17(16)10-18)11-22(28(15)2)24(29)27-12-21-19-4-3-8-25-20(19)7-9-26-21/h3-11H,12-14H2,1-2H3,(H,27,29). The minimum atomic E-state index is -3.80. The van der Waals surface area contributed by atoms with Gasteiger partial charge in [0, 0.05) is 30.5 Å². The molecule has 33 heavy (non-hydrogen) atoms. The van der Waals surface area contributed by atoms with Gasteiger partial charge in [-0.3, -0.25) is 14.8 Å². The molecule has 1 amide bonds. The summed E-state index contributed by atoms with van der Waals surface area (Å²) in [6.45, 7) is 2.78. The molecule has 1 aliphatic rings. The first-order valence-electron chi connectivity index (χ1n) is 10.4. The number of aromatic nitrogens is 3. The Morgan fingerprint density at radius 2 is 1.91 bits per heavy atom. The fourth-order valence-corrected chi connectivity index (χ4v) is 5.65. The third-order valence-electron chi connectivity index (χ3n) is 6.04. The summed E-state index contributed by atoms with van der Waals surface area (Å²) < 4.78 is 33.7. The zero-order valence-electron chi connectivity index (χ0n) is 18.2. The van der Waals surface area contributed by atoms with Gasteiger partial charge in [0.25, 0.3) is 5.91 Å². The first-order chi connectivity index (χ1) is 15.9. The Morgan fingerprint density at radius 3 is 2.76 bits per heavy atom. The van der Waals surface area contributed by atoms with Crippen LogP contribution >= 0.6 is 0 Å². The lowest BCUT2D eigenvalue weighted by atomic mass is 10.1. The van der Waals surface area contributed by atoms with Crippen molar-refractivity contribution in [2.24, 2.45) is 7.05 Å². The van der Waals surface area contributed by atoms with Crippen LogP contribution in [0.2, 0.25) is 0 Å². The fourth-order valence-electron chi connectivity index (χ4n) is 4.06. The molecular weight excluding hydrogens is 440 g/mol. The summed E-state index contributed by atoms with van der Waals surface area (Å²) in [5, 5.41) is 3.71. The number of rotatable bonds is 5. The number of hydrogen-bond acceptors (Lipinski definition) is 6. The minimum Gasteiger partial charge on any atom is -0.372 e. The van der Waals surface area contributed by atoms with Gasteiger partial charge in [-0.15, -0.1) is 0 Å². The second kappa shape index (κ2) is 8.09. The first kappa shape index (κ1) is 21.3. The van der Waals surface area contributed by atoms with E-state index in [2.05, 4.69) is 15.3 Å². The number of nitrogens with one attached hydrogen (secondary N) is 1. The van der Waals surface area contributed by atoms with Gasteiger partial charge in [-0.05, 0) is 54.4 Å². The van der Waals surface area contributed by atoms with Crippen molar-refractivity contribution in [3.8, 4) is 0 Å². The number of pyridine rings is 2. The maximum atomic E-state index is 13.4. The Bertz CT molecular complexity index is 1500. The van der Waals surface area contributed by atoms with Gasteiger partial charge in [-0.25, -0.2) is 8.42 Å². The molecule has 3 aromatic heterocycles. The highest BCUT2D eigenvalue weighted by atomic mass is 32.2. The number of nitrogens with zero attached hydrogens (tertiary/aromatic N) is 3. The van der Waals surface area contributed by atoms with E-state index in [1.165, 1.54) is 6.07 Å². The molecule has 168 valence electrons. The van der Waals surface area contributed by atoms with Gasteiger partial charge in [0.05, 0.1) is 40.8 Å². The Kier molecular flexibility index (Phi) is 5.22. The highest BCUT2D eigenvalue weighted by Gasteiger charge is 2.27. The molecule has 5 rings (SSSR count). The first-order valence-corrected chi connectivity index (χ1v) is 11.9. The summed E-state index contributed by atoms with van der Waals surface area (Å²) in [6, 6.07) is 12.0. The van der Waals surface area contributed by atoms with Crippen molar-refractivity contribution in [1.29, 1.82) is 0 Å². The lowest BCUT2D eigenvalue weighted by Crippen LogP contribution is -2.25. The SMILES string of the molecule is Cc1c(S(=O)(=O)c2ccc3c(c2)COC3)cc(C(=O)NCc2nccc3ncccc23)n1C. The molecule has 0 unspecified atom stereocenters.